The van der Waals surface area contributed by atoms with Crippen LogP contribution < -0.4 is 5.32 Å². The van der Waals surface area contributed by atoms with E-state index >= 15 is 0 Å². The summed E-state index contributed by atoms with van der Waals surface area (Å²) in [6.07, 6.45) is 0.942. The summed E-state index contributed by atoms with van der Waals surface area (Å²) in [6, 6.07) is 6.32. The van der Waals surface area contributed by atoms with E-state index in [4.69, 9.17) is 4.74 Å². The largest absolute Gasteiger partial charge is 0.380 e. The fourth-order valence-corrected chi connectivity index (χ4v) is 1.81. The van der Waals surface area contributed by atoms with Crippen molar-refractivity contribution < 1.29 is 4.74 Å². The Morgan fingerprint density at radius 1 is 1.35 bits per heavy atom. The Kier molecular flexibility index (Phi) is 4.12. The zero-order chi connectivity index (χ0) is 12.1. The number of fused-ring (bicyclic) bond motifs is 1. The second-order valence-electron chi connectivity index (χ2n) is 4.14. The number of H-pyrrole nitrogens is 1. The minimum Gasteiger partial charge on any atom is -0.380 e. The number of likely N-dealkylation sites (N-methyl/N-ethyl adjacent to an activating group) is 1. The summed E-state index contributed by atoms with van der Waals surface area (Å²) in [6.45, 7) is 4.40. The molecule has 1 aromatic heterocycles. The quantitative estimate of drug-likeness (QED) is 0.746. The van der Waals surface area contributed by atoms with E-state index in [0.29, 0.717) is 0 Å². The van der Waals surface area contributed by atoms with Gasteiger partial charge < -0.3 is 15.0 Å². The first-order chi connectivity index (χ1) is 8.29. The second kappa shape index (κ2) is 5.80. The number of hydrogen-bond donors (Lipinski definition) is 2. The molecule has 0 fully saturated rings. The van der Waals surface area contributed by atoms with Crippen LogP contribution in [-0.4, -0.2) is 36.8 Å². The van der Waals surface area contributed by atoms with Crippen molar-refractivity contribution in [1.82, 2.24) is 15.3 Å². The number of nitrogens with one attached hydrogen (secondary N) is 2. The summed E-state index contributed by atoms with van der Waals surface area (Å²) in [4.78, 5) is 7.63. The Labute approximate surface area is 101 Å². The summed E-state index contributed by atoms with van der Waals surface area (Å²) >= 11 is 0. The summed E-state index contributed by atoms with van der Waals surface area (Å²) in [5.74, 6) is 0.961. The monoisotopic (exact) mass is 233 g/mol. The highest BCUT2D eigenvalue weighted by atomic mass is 16.5. The van der Waals surface area contributed by atoms with E-state index in [-0.39, 0.29) is 0 Å². The van der Waals surface area contributed by atoms with Crippen LogP contribution in [0.2, 0.25) is 0 Å². The van der Waals surface area contributed by atoms with Crippen LogP contribution in [0.4, 0.5) is 0 Å². The first-order valence-corrected chi connectivity index (χ1v) is 5.97. The lowest BCUT2D eigenvalue weighted by Crippen LogP contribution is -2.15. The van der Waals surface area contributed by atoms with Crippen molar-refractivity contribution in [2.75, 3.05) is 26.8 Å². The Bertz CT molecular complexity index is 478. The molecule has 0 aliphatic rings. The maximum absolute atomic E-state index is 5.51. The van der Waals surface area contributed by atoms with E-state index in [2.05, 4.69) is 33.5 Å². The molecular formula is C13H19N3O. The van der Waals surface area contributed by atoms with Gasteiger partial charge in [-0.05, 0) is 38.1 Å². The first kappa shape index (κ1) is 12.1. The molecule has 4 nitrogen and oxygen atoms in total. The van der Waals surface area contributed by atoms with E-state index in [1.54, 1.807) is 0 Å². The Hall–Kier alpha value is -1.39. The van der Waals surface area contributed by atoms with Crippen LogP contribution in [0.15, 0.2) is 18.2 Å². The third-order valence-electron chi connectivity index (χ3n) is 2.70. The van der Waals surface area contributed by atoms with Gasteiger partial charge >= 0.3 is 0 Å². The van der Waals surface area contributed by atoms with Crippen LogP contribution in [0.1, 0.15) is 11.4 Å². The molecule has 0 saturated carbocycles. The van der Waals surface area contributed by atoms with Gasteiger partial charge in [0.25, 0.3) is 0 Å². The third-order valence-corrected chi connectivity index (χ3v) is 2.70. The van der Waals surface area contributed by atoms with Crippen LogP contribution in [0.25, 0.3) is 11.0 Å². The van der Waals surface area contributed by atoms with Crippen molar-refractivity contribution >= 4 is 11.0 Å². The van der Waals surface area contributed by atoms with Gasteiger partial charge in [0.2, 0.25) is 0 Å². The number of aryl methyl sites for hydroxylation is 1. The van der Waals surface area contributed by atoms with Crippen LogP contribution in [0, 0.1) is 6.92 Å². The average molecular weight is 233 g/mol. The van der Waals surface area contributed by atoms with E-state index in [1.807, 2.05) is 14.0 Å². The Morgan fingerprint density at radius 3 is 3.06 bits per heavy atom. The van der Waals surface area contributed by atoms with Gasteiger partial charge in [0, 0.05) is 6.54 Å². The fraction of sp³-hybridized carbons (Fsp3) is 0.462. The zero-order valence-corrected chi connectivity index (χ0v) is 10.4. The van der Waals surface area contributed by atoms with Crippen molar-refractivity contribution in [1.29, 1.82) is 0 Å². The van der Waals surface area contributed by atoms with Gasteiger partial charge in [0.15, 0.2) is 0 Å². The van der Waals surface area contributed by atoms with Crippen LogP contribution in [0.5, 0.6) is 0 Å². The molecule has 17 heavy (non-hydrogen) atoms. The van der Waals surface area contributed by atoms with Crippen molar-refractivity contribution in [2.24, 2.45) is 0 Å². The van der Waals surface area contributed by atoms with E-state index in [1.165, 1.54) is 5.56 Å². The van der Waals surface area contributed by atoms with E-state index in [0.717, 1.165) is 43.0 Å². The molecular weight excluding hydrogens is 214 g/mol. The minimum absolute atomic E-state index is 0.764. The number of rotatable bonds is 6. The highest BCUT2D eigenvalue weighted by molar-refractivity contribution is 5.75. The molecule has 0 unspecified atom stereocenters. The van der Waals surface area contributed by atoms with Crippen molar-refractivity contribution in [3.05, 3.63) is 29.6 Å². The molecule has 2 aromatic rings. The minimum atomic E-state index is 0.764. The molecule has 2 N–H and O–H groups in total. The van der Waals surface area contributed by atoms with Crippen molar-refractivity contribution in [3.8, 4) is 0 Å². The summed E-state index contributed by atoms with van der Waals surface area (Å²) in [7, 11) is 1.93. The molecule has 92 valence electrons. The van der Waals surface area contributed by atoms with E-state index < -0.39 is 0 Å². The van der Waals surface area contributed by atoms with Gasteiger partial charge in [-0.15, -0.1) is 0 Å². The Morgan fingerprint density at radius 2 is 2.24 bits per heavy atom. The zero-order valence-electron chi connectivity index (χ0n) is 10.4. The van der Waals surface area contributed by atoms with Gasteiger partial charge in [-0.25, -0.2) is 4.98 Å². The maximum atomic E-state index is 5.51. The van der Waals surface area contributed by atoms with Crippen molar-refractivity contribution in [3.63, 3.8) is 0 Å². The van der Waals surface area contributed by atoms with Crippen LogP contribution in [0.3, 0.4) is 0 Å². The van der Waals surface area contributed by atoms with Gasteiger partial charge in [-0.1, -0.05) is 6.07 Å². The third kappa shape index (κ3) is 3.28. The molecule has 2 rings (SSSR count). The van der Waals surface area contributed by atoms with Crippen LogP contribution in [-0.2, 0) is 11.2 Å². The number of imidazole rings is 1. The molecule has 0 atom stereocenters. The smallest absolute Gasteiger partial charge is 0.104 e. The first-order valence-electron chi connectivity index (χ1n) is 5.97. The number of benzene rings is 1. The molecule has 0 bridgehead atoms. The SMILES string of the molecule is CNCCOCCc1ccc2nc(C)[nH]c2c1. The lowest BCUT2D eigenvalue weighted by Gasteiger charge is -2.04. The van der Waals surface area contributed by atoms with Gasteiger partial charge in [0.1, 0.15) is 5.82 Å². The summed E-state index contributed by atoms with van der Waals surface area (Å²) < 4.78 is 5.51. The number of aromatic nitrogens is 2. The molecule has 0 aliphatic heterocycles. The maximum Gasteiger partial charge on any atom is 0.104 e. The average Bonchev–Trinajstić information content (AvgIpc) is 2.68. The van der Waals surface area contributed by atoms with Gasteiger partial charge in [-0.3, -0.25) is 0 Å². The molecule has 0 amide bonds. The molecule has 0 aliphatic carbocycles. The number of nitrogens with zero attached hydrogens (tertiary/aromatic N) is 1. The highest BCUT2D eigenvalue weighted by Crippen LogP contribution is 2.13. The number of hydrogen-bond acceptors (Lipinski definition) is 3. The van der Waals surface area contributed by atoms with Gasteiger partial charge in [-0.2, -0.15) is 0 Å². The predicted molar refractivity (Wildman–Crippen MR) is 69.3 cm³/mol. The second-order valence-corrected chi connectivity index (χ2v) is 4.14. The predicted octanol–water partition coefficient (Wildman–Crippen LogP) is 1.65. The molecule has 0 saturated heterocycles. The molecule has 0 radical (unpaired) electrons. The highest BCUT2D eigenvalue weighted by Gasteiger charge is 2.00. The Balaban J connectivity index is 1.90. The van der Waals surface area contributed by atoms with Gasteiger partial charge in [0.05, 0.1) is 24.2 Å². The molecule has 4 heteroatoms. The number of aromatic amines is 1. The van der Waals surface area contributed by atoms with E-state index in [9.17, 15) is 0 Å². The molecule has 1 heterocycles. The molecule has 1 aromatic carbocycles. The fourth-order valence-electron chi connectivity index (χ4n) is 1.81. The standard InChI is InChI=1S/C13H19N3O/c1-10-15-12-4-3-11(9-13(12)16-10)5-7-17-8-6-14-2/h3-4,9,14H,5-8H2,1-2H3,(H,15,16). The normalized spacial score (nSPS) is 11.2. The summed E-state index contributed by atoms with van der Waals surface area (Å²) in [5, 5.41) is 3.06. The lowest BCUT2D eigenvalue weighted by atomic mass is 10.1. The van der Waals surface area contributed by atoms with Crippen molar-refractivity contribution in [2.45, 2.75) is 13.3 Å². The lowest BCUT2D eigenvalue weighted by molar-refractivity contribution is 0.140. The summed E-state index contributed by atoms with van der Waals surface area (Å²) in [5.41, 5.74) is 3.42. The molecule has 0 spiro atoms. The number of ether oxygens (including phenoxy) is 1. The van der Waals surface area contributed by atoms with Crippen LogP contribution >= 0.6 is 0 Å². The topological polar surface area (TPSA) is 49.9 Å².